The van der Waals surface area contributed by atoms with Gasteiger partial charge in [0.1, 0.15) is 0 Å². The Morgan fingerprint density at radius 1 is 1.50 bits per heavy atom. The lowest BCUT2D eigenvalue weighted by Gasteiger charge is -2.25. The summed E-state index contributed by atoms with van der Waals surface area (Å²) in [6, 6.07) is 0.263. The molecule has 3 nitrogen and oxygen atoms in total. The molecule has 0 aliphatic carbocycles. The van der Waals surface area contributed by atoms with Crippen LogP contribution in [0.1, 0.15) is 6.42 Å². The van der Waals surface area contributed by atoms with E-state index in [2.05, 4.69) is 4.90 Å². The Hall–Kier alpha value is 0.200. The Morgan fingerprint density at radius 2 is 2.25 bits per heavy atom. The van der Waals surface area contributed by atoms with Crippen LogP contribution in [0, 0.1) is 0 Å². The lowest BCUT2D eigenvalue weighted by molar-refractivity contribution is 0.281. The standard InChI is InChI=1S/C7H12ClNO2S/c8-1-2-9-4-7-3-6(9)5-12(7,10)11/h6-7H,1-5H2/t6?,7-/m0/s1. The summed E-state index contributed by atoms with van der Waals surface area (Å²) in [7, 11) is -2.72. The minimum absolute atomic E-state index is 0.0919. The van der Waals surface area contributed by atoms with Gasteiger partial charge in [0, 0.05) is 25.0 Å². The van der Waals surface area contributed by atoms with Crippen LogP contribution in [0.25, 0.3) is 0 Å². The molecule has 2 aliphatic heterocycles. The van der Waals surface area contributed by atoms with Crippen LogP contribution < -0.4 is 0 Å². The van der Waals surface area contributed by atoms with Crippen molar-refractivity contribution in [3.63, 3.8) is 0 Å². The average Bonchev–Trinajstić information content (AvgIpc) is 2.44. The maximum absolute atomic E-state index is 11.3. The first-order valence-corrected chi connectivity index (χ1v) is 6.40. The molecular formula is C7H12ClNO2S. The van der Waals surface area contributed by atoms with Crippen LogP contribution in [0.4, 0.5) is 0 Å². The van der Waals surface area contributed by atoms with Gasteiger partial charge in [-0.05, 0) is 6.42 Å². The molecular weight excluding hydrogens is 198 g/mol. The Morgan fingerprint density at radius 3 is 2.67 bits per heavy atom. The van der Waals surface area contributed by atoms with Gasteiger partial charge in [-0.15, -0.1) is 11.6 Å². The minimum Gasteiger partial charge on any atom is -0.297 e. The van der Waals surface area contributed by atoms with E-state index in [1.165, 1.54) is 0 Å². The van der Waals surface area contributed by atoms with Gasteiger partial charge in [0.25, 0.3) is 0 Å². The molecule has 2 rings (SSSR count). The molecule has 2 bridgehead atoms. The average molecular weight is 210 g/mol. The number of likely N-dealkylation sites (tertiary alicyclic amines) is 1. The molecule has 2 fully saturated rings. The van der Waals surface area contributed by atoms with E-state index < -0.39 is 9.84 Å². The molecule has 12 heavy (non-hydrogen) atoms. The second-order valence-corrected chi connectivity index (χ2v) is 6.23. The largest absolute Gasteiger partial charge is 0.297 e. The third kappa shape index (κ3) is 1.26. The fourth-order valence-corrected chi connectivity index (χ4v) is 4.46. The van der Waals surface area contributed by atoms with Crippen molar-refractivity contribution in [1.82, 2.24) is 4.90 Å². The zero-order valence-electron chi connectivity index (χ0n) is 6.74. The number of nitrogens with zero attached hydrogens (tertiary/aromatic N) is 1. The highest BCUT2D eigenvalue weighted by atomic mass is 35.5. The number of hydrogen-bond donors (Lipinski definition) is 0. The molecule has 5 heteroatoms. The van der Waals surface area contributed by atoms with E-state index in [0.29, 0.717) is 18.2 Å². The Bertz CT molecular complexity index is 277. The number of hydrogen-bond acceptors (Lipinski definition) is 3. The van der Waals surface area contributed by atoms with Crippen molar-refractivity contribution in [3.05, 3.63) is 0 Å². The minimum atomic E-state index is -2.72. The number of halogens is 1. The maximum atomic E-state index is 11.3. The summed E-state index contributed by atoms with van der Waals surface area (Å²) in [5, 5.41) is -0.0919. The first-order valence-electron chi connectivity index (χ1n) is 4.15. The summed E-state index contributed by atoms with van der Waals surface area (Å²) in [6.07, 6.45) is 0.833. The number of rotatable bonds is 2. The molecule has 0 saturated carbocycles. The van der Waals surface area contributed by atoms with Gasteiger partial charge in [0.05, 0.1) is 11.0 Å². The predicted molar refractivity (Wildman–Crippen MR) is 48.3 cm³/mol. The van der Waals surface area contributed by atoms with Crippen LogP contribution in [0.3, 0.4) is 0 Å². The maximum Gasteiger partial charge on any atom is 0.156 e. The zero-order chi connectivity index (χ0) is 8.77. The fraction of sp³-hybridized carbons (Fsp3) is 1.00. The van der Waals surface area contributed by atoms with Crippen molar-refractivity contribution < 1.29 is 8.42 Å². The molecule has 70 valence electrons. The lowest BCUT2D eigenvalue weighted by atomic mass is 10.2. The fourth-order valence-electron chi connectivity index (χ4n) is 2.16. The molecule has 0 aromatic rings. The summed E-state index contributed by atoms with van der Waals surface area (Å²) in [5.41, 5.74) is 0. The van der Waals surface area contributed by atoms with Gasteiger partial charge in [0.15, 0.2) is 9.84 Å². The summed E-state index contributed by atoms with van der Waals surface area (Å²) in [6.45, 7) is 1.54. The number of sulfone groups is 1. The van der Waals surface area contributed by atoms with Crippen molar-refractivity contribution in [2.45, 2.75) is 17.7 Å². The molecule has 0 amide bonds. The smallest absolute Gasteiger partial charge is 0.156 e. The van der Waals surface area contributed by atoms with Gasteiger partial charge >= 0.3 is 0 Å². The Kier molecular flexibility index (Phi) is 2.09. The molecule has 0 aromatic heterocycles. The monoisotopic (exact) mass is 209 g/mol. The van der Waals surface area contributed by atoms with Crippen molar-refractivity contribution >= 4 is 21.4 Å². The summed E-state index contributed by atoms with van der Waals surface area (Å²) < 4.78 is 22.6. The quantitative estimate of drug-likeness (QED) is 0.606. The van der Waals surface area contributed by atoms with Crippen LogP contribution in [0.2, 0.25) is 0 Å². The SMILES string of the molecule is O=S1(=O)CC2C[C@H]1CN2CCCl. The molecule has 0 spiro atoms. The van der Waals surface area contributed by atoms with Gasteiger partial charge in [-0.2, -0.15) is 0 Å². The first kappa shape index (κ1) is 8.78. The van der Waals surface area contributed by atoms with Gasteiger partial charge in [0.2, 0.25) is 0 Å². The predicted octanol–water partition coefficient (Wildman–Crippen LogP) is 0.0965. The van der Waals surface area contributed by atoms with Crippen molar-refractivity contribution in [2.24, 2.45) is 0 Å². The van der Waals surface area contributed by atoms with Gasteiger partial charge in [-0.1, -0.05) is 0 Å². The highest BCUT2D eigenvalue weighted by Crippen LogP contribution is 2.32. The second kappa shape index (κ2) is 2.86. The van der Waals surface area contributed by atoms with E-state index in [1.807, 2.05) is 0 Å². The van der Waals surface area contributed by atoms with E-state index in [-0.39, 0.29) is 11.3 Å². The van der Waals surface area contributed by atoms with E-state index in [1.54, 1.807) is 0 Å². The summed E-state index contributed by atoms with van der Waals surface area (Å²) >= 11 is 5.60. The van der Waals surface area contributed by atoms with Crippen molar-refractivity contribution in [2.75, 3.05) is 24.7 Å². The van der Waals surface area contributed by atoms with E-state index in [0.717, 1.165) is 13.0 Å². The topological polar surface area (TPSA) is 37.4 Å². The Labute approximate surface area is 77.6 Å². The lowest BCUT2D eigenvalue weighted by Crippen LogP contribution is -2.41. The van der Waals surface area contributed by atoms with E-state index in [4.69, 9.17) is 11.6 Å². The zero-order valence-corrected chi connectivity index (χ0v) is 8.31. The van der Waals surface area contributed by atoms with E-state index >= 15 is 0 Å². The molecule has 0 aromatic carbocycles. The molecule has 2 saturated heterocycles. The highest BCUT2D eigenvalue weighted by molar-refractivity contribution is 7.92. The van der Waals surface area contributed by atoms with Gasteiger partial charge in [-0.25, -0.2) is 8.42 Å². The van der Waals surface area contributed by atoms with Crippen molar-refractivity contribution in [3.8, 4) is 0 Å². The van der Waals surface area contributed by atoms with Crippen LogP contribution in [-0.2, 0) is 9.84 Å². The van der Waals surface area contributed by atoms with Crippen LogP contribution in [-0.4, -0.2) is 49.3 Å². The summed E-state index contributed by atoms with van der Waals surface area (Å²) in [5.74, 6) is 0.956. The number of fused-ring (bicyclic) bond motifs is 2. The molecule has 2 atom stereocenters. The third-order valence-corrected chi connectivity index (χ3v) is 5.17. The first-order chi connectivity index (χ1) is 5.63. The van der Waals surface area contributed by atoms with Crippen LogP contribution in [0.5, 0.6) is 0 Å². The van der Waals surface area contributed by atoms with Crippen molar-refractivity contribution in [1.29, 1.82) is 0 Å². The molecule has 1 unspecified atom stereocenters. The Balaban J connectivity index is 2.08. The number of alkyl halides is 1. The molecule has 0 N–H and O–H groups in total. The van der Waals surface area contributed by atoms with Gasteiger partial charge in [-0.3, -0.25) is 4.90 Å². The third-order valence-electron chi connectivity index (χ3n) is 2.79. The molecule has 2 heterocycles. The van der Waals surface area contributed by atoms with Gasteiger partial charge < -0.3 is 0 Å². The van der Waals surface area contributed by atoms with Crippen LogP contribution >= 0.6 is 11.6 Å². The molecule has 0 radical (unpaired) electrons. The normalized spacial score (nSPS) is 39.1. The second-order valence-electron chi connectivity index (χ2n) is 3.52. The molecule has 2 aliphatic rings. The summed E-state index contributed by atoms with van der Waals surface area (Å²) in [4.78, 5) is 2.19. The van der Waals surface area contributed by atoms with E-state index in [9.17, 15) is 8.42 Å². The van der Waals surface area contributed by atoms with Crippen LogP contribution in [0.15, 0.2) is 0 Å². The highest BCUT2D eigenvalue weighted by Gasteiger charge is 2.47.